The smallest absolute Gasteiger partial charge is 0.184 e. The normalized spacial score (nSPS) is 11.0. The van der Waals surface area contributed by atoms with Crippen molar-refractivity contribution in [2.45, 2.75) is 0 Å². The van der Waals surface area contributed by atoms with Crippen LogP contribution in [0.5, 0.6) is 0 Å². The van der Waals surface area contributed by atoms with Gasteiger partial charge in [-0.15, -0.1) is 0 Å². The molecule has 0 saturated carbocycles. The number of pyridine rings is 1. The number of nitrogens with zero attached hydrogens (tertiary/aromatic N) is 5. The van der Waals surface area contributed by atoms with E-state index in [9.17, 15) is 0 Å². The van der Waals surface area contributed by atoms with Crippen molar-refractivity contribution in [3.63, 3.8) is 0 Å². The summed E-state index contributed by atoms with van der Waals surface area (Å²) in [6, 6.07) is 9.62. The van der Waals surface area contributed by atoms with Crippen molar-refractivity contribution in [3.8, 4) is 5.82 Å². The lowest BCUT2D eigenvalue weighted by molar-refractivity contribution is 0.851. The quantitative estimate of drug-likeness (QED) is 0.425. The molecule has 3 rings (SSSR count). The molecule has 7 nitrogen and oxygen atoms in total. The molecule has 1 aromatic carbocycles. The third-order valence-corrected chi connectivity index (χ3v) is 2.86. The van der Waals surface area contributed by atoms with Crippen LogP contribution in [0.25, 0.3) is 16.7 Å². The molecule has 0 saturated heterocycles. The zero-order valence-electron chi connectivity index (χ0n) is 10.8. The van der Waals surface area contributed by atoms with E-state index in [0.29, 0.717) is 5.82 Å². The molecule has 0 spiro atoms. The fourth-order valence-electron chi connectivity index (χ4n) is 1.90. The molecular weight excluding hydrogens is 286 g/mol. The van der Waals surface area contributed by atoms with Gasteiger partial charge in [0.1, 0.15) is 12.7 Å². The van der Waals surface area contributed by atoms with E-state index in [1.807, 2.05) is 30.3 Å². The number of rotatable bonds is 3. The van der Waals surface area contributed by atoms with Crippen LogP contribution in [-0.2, 0) is 0 Å². The number of nitrogens with one attached hydrogen (secondary N) is 1. The van der Waals surface area contributed by atoms with Crippen molar-refractivity contribution in [3.05, 3.63) is 48.5 Å². The molecule has 0 radical (unpaired) electrons. The van der Waals surface area contributed by atoms with Crippen LogP contribution in [0, 0.1) is 0 Å². The van der Waals surface area contributed by atoms with E-state index in [-0.39, 0.29) is 5.11 Å². The second kappa shape index (κ2) is 5.63. The molecule has 0 unspecified atom stereocenters. The summed E-state index contributed by atoms with van der Waals surface area (Å²) in [5.41, 5.74) is 9.59. The lowest BCUT2D eigenvalue weighted by Gasteiger charge is -2.06. The van der Waals surface area contributed by atoms with Crippen molar-refractivity contribution in [1.82, 2.24) is 25.2 Å². The topological polar surface area (TPSA) is 94.0 Å². The van der Waals surface area contributed by atoms with E-state index in [0.717, 1.165) is 16.5 Å². The maximum Gasteiger partial charge on any atom is 0.184 e. The fourth-order valence-corrected chi connectivity index (χ4v) is 1.96. The highest BCUT2D eigenvalue weighted by atomic mass is 32.1. The highest BCUT2D eigenvalue weighted by Gasteiger charge is 2.06. The van der Waals surface area contributed by atoms with Gasteiger partial charge in [0.15, 0.2) is 10.9 Å². The Bertz CT molecular complexity index is 811. The summed E-state index contributed by atoms with van der Waals surface area (Å²) in [5.74, 6) is 0.656. The van der Waals surface area contributed by atoms with Crippen molar-refractivity contribution >= 4 is 34.4 Å². The molecule has 3 aromatic rings. The van der Waals surface area contributed by atoms with E-state index in [4.69, 9.17) is 18.0 Å². The number of fused-ring (bicyclic) bond motifs is 1. The van der Waals surface area contributed by atoms with Gasteiger partial charge in [0.25, 0.3) is 0 Å². The number of aromatic nitrogens is 4. The Labute approximate surface area is 125 Å². The van der Waals surface area contributed by atoms with Crippen LogP contribution in [0.2, 0.25) is 0 Å². The van der Waals surface area contributed by atoms with Crippen LogP contribution in [0.3, 0.4) is 0 Å². The Morgan fingerprint density at radius 2 is 2.24 bits per heavy atom. The number of hydrogen-bond acceptors (Lipinski definition) is 5. The first-order chi connectivity index (χ1) is 10.2. The fraction of sp³-hybridized carbons (Fsp3) is 0. The molecule has 0 bridgehead atoms. The number of benzene rings is 1. The molecule has 104 valence electrons. The molecule has 0 amide bonds. The molecule has 2 aromatic heterocycles. The van der Waals surface area contributed by atoms with Gasteiger partial charge in [-0.05, 0) is 24.4 Å². The number of thiocarbonyl (C=S) groups is 1. The number of para-hydroxylation sites is 1. The summed E-state index contributed by atoms with van der Waals surface area (Å²) < 4.78 is 1.59. The summed E-state index contributed by atoms with van der Waals surface area (Å²) in [6.07, 6.45) is 4.69. The van der Waals surface area contributed by atoms with Gasteiger partial charge >= 0.3 is 0 Å². The average Bonchev–Trinajstić information content (AvgIpc) is 3.01. The molecule has 21 heavy (non-hydrogen) atoms. The minimum Gasteiger partial charge on any atom is -0.375 e. The Morgan fingerprint density at radius 3 is 3.00 bits per heavy atom. The molecule has 0 aliphatic heterocycles. The van der Waals surface area contributed by atoms with Crippen molar-refractivity contribution in [2.24, 2.45) is 10.8 Å². The zero-order valence-corrected chi connectivity index (χ0v) is 11.7. The number of hydrogen-bond donors (Lipinski definition) is 2. The summed E-state index contributed by atoms with van der Waals surface area (Å²) in [5, 5.41) is 9.16. The van der Waals surface area contributed by atoms with Gasteiger partial charge in [0.2, 0.25) is 0 Å². The van der Waals surface area contributed by atoms with E-state index < -0.39 is 0 Å². The monoisotopic (exact) mass is 297 g/mol. The first-order valence-corrected chi connectivity index (χ1v) is 6.48. The SMILES string of the molecule is NC(=S)NN=Cc1cc(-n2cncn2)nc2ccccc12. The second-order valence-electron chi connectivity index (χ2n) is 4.16. The molecule has 8 heteroatoms. The standard InChI is InChI=1S/C13H11N7S/c14-13(21)19-16-6-9-5-12(20-8-15-7-17-20)18-11-4-2-1-3-10(9)11/h1-8H,(H3,14,19,21). The van der Waals surface area contributed by atoms with Crippen molar-refractivity contribution in [2.75, 3.05) is 0 Å². The lowest BCUT2D eigenvalue weighted by atomic mass is 10.1. The summed E-state index contributed by atoms with van der Waals surface area (Å²) in [4.78, 5) is 8.48. The van der Waals surface area contributed by atoms with Crippen LogP contribution in [0.4, 0.5) is 0 Å². The van der Waals surface area contributed by atoms with Crippen LogP contribution < -0.4 is 11.2 Å². The molecule has 0 aliphatic rings. The zero-order chi connectivity index (χ0) is 14.7. The van der Waals surface area contributed by atoms with Crippen LogP contribution >= 0.6 is 12.2 Å². The molecule has 0 fully saturated rings. The molecule has 0 atom stereocenters. The number of nitrogens with two attached hydrogens (primary N) is 1. The predicted molar refractivity (Wildman–Crippen MR) is 84.2 cm³/mol. The maximum atomic E-state index is 5.35. The third kappa shape index (κ3) is 2.84. The van der Waals surface area contributed by atoms with E-state index in [1.165, 1.54) is 6.33 Å². The molecular formula is C13H11N7S. The highest BCUT2D eigenvalue weighted by molar-refractivity contribution is 7.80. The number of hydrazone groups is 1. The van der Waals surface area contributed by atoms with Gasteiger partial charge in [-0.3, -0.25) is 5.43 Å². The summed E-state index contributed by atoms with van der Waals surface area (Å²) in [6.45, 7) is 0. The third-order valence-electron chi connectivity index (χ3n) is 2.77. The Morgan fingerprint density at radius 1 is 1.38 bits per heavy atom. The first-order valence-electron chi connectivity index (χ1n) is 6.07. The van der Waals surface area contributed by atoms with Gasteiger partial charge in [0, 0.05) is 10.9 Å². The van der Waals surface area contributed by atoms with Gasteiger partial charge in [-0.25, -0.2) is 14.6 Å². The first kappa shape index (κ1) is 13.1. The van der Waals surface area contributed by atoms with E-state index >= 15 is 0 Å². The summed E-state index contributed by atoms with van der Waals surface area (Å²) in [7, 11) is 0. The lowest BCUT2D eigenvalue weighted by Crippen LogP contribution is -2.24. The van der Waals surface area contributed by atoms with Gasteiger partial charge in [-0.2, -0.15) is 10.2 Å². The predicted octanol–water partition coefficient (Wildman–Crippen LogP) is 0.983. The van der Waals surface area contributed by atoms with Crippen molar-refractivity contribution < 1.29 is 0 Å². The minimum absolute atomic E-state index is 0.112. The van der Waals surface area contributed by atoms with Crippen LogP contribution in [0.1, 0.15) is 5.56 Å². The van der Waals surface area contributed by atoms with Gasteiger partial charge in [0.05, 0.1) is 11.7 Å². The van der Waals surface area contributed by atoms with E-state index in [1.54, 1.807) is 17.2 Å². The largest absolute Gasteiger partial charge is 0.375 e. The van der Waals surface area contributed by atoms with Crippen LogP contribution in [0.15, 0.2) is 48.1 Å². The highest BCUT2D eigenvalue weighted by Crippen LogP contribution is 2.18. The van der Waals surface area contributed by atoms with E-state index in [2.05, 4.69) is 25.6 Å². The van der Waals surface area contributed by atoms with Gasteiger partial charge < -0.3 is 5.73 Å². The molecule has 0 aliphatic carbocycles. The van der Waals surface area contributed by atoms with Crippen molar-refractivity contribution in [1.29, 1.82) is 0 Å². The molecule has 3 N–H and O–H groups in total. The Kier molecular flexibility index (Phi) is 3.52. The Balaban J connectivity index is 2.11. The van der Waals surface area contributed by atoms with Gasteiger partial charge in [-0.1, -0.05) is 18.2 Å². The maximum absolute atomic E-state index is 5.35. The average molecular weight is 297 g/mol. The summed E-state index contributed by atoms with van der Waals surface area (Å²) >= 11 is 4.72. The molecule has 2 heterocycles. The minimum atomic E-state index is 0.112. The Hall–Kier alpha value is -2.87. The second-order valence-corrected chi connectivity index (χ2v) is 4.60. The van der Waals surface area contributed by atoms with Crippen LogP contribution in [-0.4, -0.2) is 31.1 Å².